The zero-order valence-electron chi connectivity index (χ0n) is 16.4. The normalized spacial score (nSPS) is 17.7. The number of ether oxygens (including phenoxy) is 3. The number of hydrogen-bond acceptors (Lipinski definition) is 4. The van der Waals surface area contributed by atoms with Crippen molar-refractivity contribution in [1.29, 1.82) is 0 Å². The minimum absolute atomic E-state index is 0.552. The predicted octanol–water partition coefficient (Wildman–Crippen LogP) is 2.28. The van der Waals surface area contributed by atoms with Crippen LogP contribution in [0.25, 0.3) is 0 Å². The molecule has 0 amide bonds. The molecule has 2 rings (SSSR count). The second-order valence-electron chi connectivity index (χ2n) is 6.48. The molecular formula is C20H33N3O3. The molecule has 6 nitrogen and oxygen atoms in total. The molecule has 0 spiro atoms. The molecule has 1 aliphatic rings. The fourth-order valence-corrected chi connectivity index (χ4v) is 3.14. The topological polar surface area (TPSA) is 55.3 Å². The summed E-state index contributed by atoms with van der Waals surface area (Å²) < 4.78 is 16.3. The van der Waals surface area contributed by atoms with Crippen molar-refractivity contribution in [3.05, 3.63) is 35.4 Å². The van der Waals surface area contributed by atoms with E-state index >= 15 is 0 Å². The molecule has 1 heterocycles. The van der Waals surface area contributed by atoms with Crippen LogP contribution in [0, 0.1) is 5.92 Å². The van der Waals surface area contributed by atoms with Gasteiger partial charge in [-0.1, -0.05) is 24.3 Å². The second-order valence-corrected chi connectivity index (χ2v) is 6.48. The largest absolute Gasteiger partial charge is 0.382 e. The van der Waals surface area contributed by atoms with E-state index in [4.69, 9.17) is 14.2 Å². The summed E-state index contributed by atoms with van der Waals surface area (Å²) in [5.74, 6) is 1.51. The molecule has 1 unspecified atom stereocenters. The average Bonchev–Trinajstić information content (AvgIpc) is 3.13. The highest BCUT2D eigenvalue weighted by Gasteiger charge is 2.25. The van der Waals surface area contributed by atoms with Crippen LogP contribution in [0.1, 0.15) is 24.5 Å². The van der Waals surface area contributed by atoms with Gasteiger partial charge < -0.3 is 24.4 Å². The Morgan fingerprint density at radius 2 is 2.04 bits per heavy atom. The zero-order valence-corrected chi connectivity index (χ0v) is 16.4. The van der Waals surface area contributed by atoms with Gasteiger partial charge >= 0.3 is 0 Å². The van der Waals surface area contributed by atoms with Crippen LogP contribution in [0.5, 0.6) is 0 Å². The van der Waals surface area contributed by atoms with Crippen molar-refractivity contribution in [2.75, 3.05) is 53.7 Å². The Balaban J connectivity index is 1.81. The zero-order chi connectivity index (χ0) is 18.6. The molecule has 0 aliphatic carbocycles. The van der Waals surface area contributed by atoms with E-state index in [0.29, 0.717) is 25.7 Å². The third kappa shape index (κ3) is 6.59. The third-order valence-electron chi connectivity index (χ3n) is 4.60. The maximum absolute atomic E-state index is 5.68. The summed E-state index contributed by atoms with van der Waals surface area (Å²) in [6, 6.07) is 8.39. The highest BCUT2D eigenvalue weighted by molar-refractivity contribution is 5.80. The van der Waals surface area contributed by atoms with Crippen molar-refractivity contribution in [2.24, 2.45) is 10.9 Å². The van der Waals surface area contributed by atoms with Crippen LogP contribution in [0.3, 0.4) is 0 Å². The third-order valence-corrected chi connectivity index (χ3v) is 4.60. The Labute approximate surface area is 157 Å². The molecule has 1 aliphatic heterocycles. The summed E-state index contributed by atoms with van der Waals surface area (Å²) in [5.41, 5.74) is 2.48. The van der Waals surface area contributed by atoms with Gasteiger partial charge in [0.25, 0.3) is 0 Å². The summed E-state index contributed by atoms with van der Waals surface area (Å²) in [6.45, 7) is 8.24. The summed E-state index contributed by atoms with van der Waals surface area (Å²) in [6.07, 6.45) is 1.13. The molecule has 0 saturated carbocycles. The molecule has 0 bridgehead atoms. The van der Waals surface area contributed by atoms with E-state index in [1.165, 1.54) is 11.1 Å². The van der Waals surface area contributed by atoms with E-state index in [9.17, 15) is 0 Å². The Morgan fingerprint density at radius 3 is 2.77 bits per heavy atom. The van der Waals surface area contributed by atoms with Gasteiger partial charge in [0.2, 0.25) is 0 Å². The average molecular weight is 364 g/mol. The first-order chi connectivity index (χ1) is 12.8. The van der Waals surface area contributed by atoms with Gasteiger partial charge in [-0.2, -0.15) is 0 Å². The fourth-order valence-electron chi connectivity index (χ4n) is 3.14. The first-order valence-electron chi connectivity index (χ1n) is 9.45. The lowest BCUT2D eigenvalue weighted by Gasteiger charge is -2.22. The first-order valence-corrected chi connectivity index (χ1v) is 9.45. The minimum Gasteiger partial charge on any atom is -0.382 e. The van der Waals surface area contributed by atoms with Crippen molar-refractivity contribution in [3.8, 4) is 0 Å². The number of nitrogens with one attached hydrogen (secondary N) is 1. The molecular weight excluding hydrogens is 330 g/mol. The number of aliphatic imine (C=N–C) groups is 1. The molecule has 6 heteroatoms. The fraction of sp³-hybridized carbons (Fsp3) is 0.650. The van der Waals surface area contributed by atoms with Crippen molar-refractivity contribution >= 4 is 5.96 Å². The van der Waals surface area contributed by atoms with Crippen molar-refractivity contribution in [1.82, 2.24) is 10.2 Å². The Morgan fingerprint density at radius 1 is 1.23 bits per heavy atom. The van der Waals surface area contributed by atoms with Gasteiger partial charge in [0.15, 0.2) is 5.96 Å². The minimum atomic E-state index is 0.552. The lowest BCUT2D eigenvalue weighted by Crippen LogP contribution is -2.40. The van der Waals surface area contributed by atoms with E-state index < -0.39 is 0 Å². The monoisotopic (exact) mass is 363 g/mol. The van der Waals surface area contributed by atoms with Gasteiger partial charge in [0.1, 0.15) is 0 Å². The maximum Gasteiger partial charge on any atom is 0.193 e. The SMILES string of the molecule is CCOCc1ccccc1CNC(=NC)N1CCC(COCCOC)C1. The molecule has 1 aromatic rings. The van der Waals surface area contributed by atoms with Gasteiger partial charge in [0.05, 0.1) is 26.4 Å². The first kappa shape index (κ1) is 20.7. The highest BCUT2D eigenvalue weighted by atomic mass is 16.5. The molecule has 1 atom stereocenters. The smallest absolute Gasteiger partial charge is 0.193 e. The van der Waals surface area contributed by atoms with Crippen molar-refractivity contribution < 1.29 is 14.2 Å². The molecule has 146 valence electrons. The molecule has 1 saturated heterocycles. The lowest BCUT2D eigenvalue weighted by atomic mass is 10.1. The van der Waals surface area contributed by atoms with Crippen molar-refractivity contribution in [3.63, 3.8) is 0 Å². The number of likely N-dealkylation sites (tertiary alicyclic amines) is 1. The number of guanidine groups is 1. The summed E-state index contributed by atoms with van der Waals surface area (Å²) in [5, 5.41) is 3.50. The molecule has 0 aromatic heterocycles. The number of benzene rings is 1. The standard InChI is InChI=1S/C20H33N3O3/c1-4-25-16-19-8-6-5-7-18(19)13-22-20(21-2)23-10-9-17(14-23)15-26-12-11-24-3/h5-8,17H,4,9-16H2,1-3H3,(H,21,22). The van der Waals surface area contributed by atoms with E-state index in [1.54, 1.807) is 7.11 Å². The van der Waals surface area contributed by atoms with Gasteiger partial charge in [-0.3, -0.25) is 4.99 Å². The summed E-state index contributed by atoms with van der Waals surface area (Å²) in [7, 11) is 3.54. The van der Waals surface area contributed by atoms with Crippen LogP contribution in [-0.2, 0) is 27.4 Å². The second kappa shape index (κ2) is 11.9. The van der Waals surface area contributed by atoms with Crippen LogP contribution < -0.4 is 5.32 Å². The van der Waals surface area contributed by atoms with Gasteiger partial charge in [-0.15, -0.1) is 0 Å². The summed E-state index contributed by atoms with van der Waals surface area (Å²) >= 11 is 0. The van der Waals surface area contributed by atoms with Crippen LogP contribution in [0.15, 0.2) is 29.3 Å². The molecule has 1 fully saturated rings. The van der Waals surface area contributed by atoms with E-state index in [1.807, 2.05) is 14.0 Å². The van der Waals surface area contributed by atoms with E-state index in [-0.39, 0.29) is 0 Å². The quantitative estimate of drug-likeness (QED) is 0.393. The molecule has 26 heavy (non-hydrogen) atoms. The van der Waals surface area contributed by atoms with Gasteiger partial charge in [-0.25, -0.2) is 0 Å². The van der Waals surface area contributed by atoms with Gasteiger partial charge in [0, 0.05) is 46.3 Å². The number of hydrogen-bond donors (Lipinski definition) is 1. The van der Waals surface area contributed by atoms with E-state index in [2.05, 4.69) is 39.5 Å². The Hall–Kier alpha value is -1.63. The molecule has 1 aromatic carbocycles. The highest BCUT2D eigenvalue weighted by Crippen LogP contribution is 2.17. The van der Waals surface area contributed by atoms with Crippen LogP contribution in [0.2, 0.25) is 0 Å². The predicted molar refractivity (Wildman–Crippen MR) is 104 cm³/mol. The number of nitrogens with zero attached hydrogens (tertiary/aromatic N) is 2. The number of rotatable bonds is 10. The summed E-state index contributed by atoms with van der Waals surface area (Å²) in [4.78, 5) is 6.78. The van der Waals surface area contributed by atoms with Crippen LogP contribution in [0.4, 0.5) is 0 Å². The Bertz CT molecular complexity index is 551. The van der Waals surface area contributed by atoms with E-state index in [0.717, 1.165) is 45.2 Å². The van der Waals surface area contributed by atoms with Crippen LogP contribution in [-0.4, -0.2) is 64.5 Å². The van der Waals surface area contributed by atoms with Crippen molar-refractivity contribution in [2.45, 2.75) is 26.5 Å². The Kier molecular flexibility index (Phi) is 9.45. The lowest BCUT2D eigenvalue weighted by molar-refractivity contribution is 0.0536. The van der Waals surface area contributed by atoms with Crippen LogP contribution >= 0.6 is 0 Å². The molecule has 1 N–H and O–H groups in total. The number of methoxy groups -OCH3 is 1. The molecule has 0 radical (unpaired) electrons. The van der Waals surface area contributed by atoms with Gasteiger partial charge in [-0.05, 0) is 24.5 Å². The maximum atomic E-state index is 5.68.